The highest BCUT2D eigenvalue weighted by atomic mass is 16.5. The summed E-state index contributed by atoms with van der Waals surface area (Å²) in [6, 6.07) is 5.85. The van der Waals surface area contributed by atoms with Crippen LogP contribution in [0.15, 0.2) is 24.3 Å². The largest absolute Gasteiger partial charge is 0.497 e. The van der Waals surface area contributed by atoms with Gasteiger partial charge in [0.2, 0.25) is 5.78 Å². The van der Waals surface area contributed by atoms with Gasteiger partial charge in [0.25, 0.3) is 5.91 Å². The average Bonchev–Trinajstić information content (AvgIpc) is 2.94. The van der Waals surface area contributed by atoms with Gasteiger partial charge in [-0.2, -0.15) is 0 Å². The number of ether oxygens (including phenoxy) is 2. The maximum atomic E-state index is 12.9. The highest BCUT2D eigenvalue weighted by Crippen LogP contribution is 2.38. The molecule has 1 heterocycles. The second-order valence-corrected chi connectivity index (χ2v) is 7.66. The molecule has 0 bridgehead atoms. The van der Waals surface area contributed by atoms with Gasteiger partial charge in [0, 0.05) is 5.56 Å². The lowest BCUT2D eigenvalue weighted by molar-refractivity contribution is -0.150. The second-order valence-electron chi connectivity index (χ2n) is 7.66. The van der Waals surface area contributed by atoms with Crippen molar-refractivity contribution in [3.8, 4) is 5.75 Å². The first-order valence-corrected chi connectivity index (χ1v) is 9.80. The maximum absolute atomic E-state index is 12.9. The molecule has 1 spiro atoms. The molecule has 1 aromatic rings. The highest BCUT2D eigenvalue weighted by Gasteiger charge is 2.55. The molecular formula is C21H26N2O6. The number of benzene rings is 1. The maximum Gasteiger partial charge on any atom is 0.326 e. The standard InChI is InChI=1S/C21H26N2O6/c1-13-6-4-5-11-21(13)19(26)23(20(27)22-21)12-17(24)29-14(2)18(25)15-7-9-16(28-3)10-8-15/h7-10,13-14H,4-6,11-12H2,1-3H3,(H,22,27)/t13-,14+,21-/m1/s1. The van der Waals surface area contributed by atoms with Crippen molar-refractivity contribution in [1.82, 2.24) is 10.2 Å². The van der Waals surface area contributed by atoms with E-state index in [1.807, 2.05) is 6.92 Å². The smallest absolute Gasteiger partial charge is 0.326 e. The fourth-order valence-corrected chi connectivity index (χ4v) is 4.05. The summed E-state index contributed by atoms with van der Waals surface area (Å²) in [6.07, 6.45) is 2.23. The van der Waals surface area contributed by atoms with Crippen LogP contribution >= 0.6 is 0 Å². The number of methoxy groups -OCH3 is 1. The molecule has 1 aromatic carbocycles. The Hall–Kier alpha value is -2.90. The van der Waals surface area contributed by atoms with E-state index in [9.17, 15) is 19.2 Å². The first-order valence-electron chi connectivity index (χ1n) is 9.80. The van der Waals surface area contributed by atoms with Gasteiger partial charge in [-0.05, 0) is 49.9 Å². The number of hydrogen-bond donors (Lipinski definition) is 1. The van der Waals surface area contributed by atoms with Crippen molar-refractivity contribution < 1.29 is 28.7 Å². The summed E-state index contributed by atoms with van der Waals surface area (Å²) in [7, 11) is 1.52. The van der Waals surface area contributed by atoms with E-state index in [0.717, 1.165) is 24.2 Å². The van der Waals surface area contributed by atoms with Gasteiger partial charge in [0.15, 0.2) is 6.10 Å². The zero-order valence-electron chi connectivity index (χ0n) is 16.9. The molecule has 0 radical (unpaired) electrons. The Balaban J connectivity index is 1.61. The van der Waals surface area contributed by atoms with Crippen molar-refractivity contribution in [3.05, 3.63) is 29.8 Å². The normalized spacial score (nSPS) is 24.9. The molecule has 8 nitrogen and oxygen atoms in total. The highest BCUT2D eigenvalue weighted by molar-refractivity contribution is 6.09. The summed E-state index contributed by atoms with van der Waals surface area (Å²) >= 11 is 0. The molecule has 1 aliphatic carbocycles. The Morgan fingerprint density at radius 3 is 2.55 bits per heavy atom. The van der Waals surface area contributed by atoms with Gasteiger partial charge in [-0.25, -0.2) is 4.79 Å². The zero-order valence-corrected chi connectivity index (χ0v) is 16.9. The number of rotatable bonds is 6. The quantitative estimate of drug-likeness (QED) is 0.445. The number of carbonyl (C=O) groups excluding carboxylic acids is 4. The summed E-state index contributed by atoms with van der Waals surface area (Å²) in [5.74, 6) is -0.959. The van der Waals surface area contributed by atoms with Gasteiger partial charge in [0.05, 0.1) is 7.11 Å². The van der Waals surface area contributed by atoms with Crippen LogP contribution in [0.3, 0.4) is 0 Å². The van der Waals surface area contributed by atoms with Crippen molar-refractivity contribution in [2.75, 3.05) is 13.7 Å². The summed E-state index contributed by atoms with van der Waals surface area (Å²) in [5.41, 5.74) is -0.559. The van der Waals surface area contributed by atoms with Gasteiger partial charge < -0.3 is 14.8 Å². The molecule has 0 unspecified atom stereocenters. The number of nitrogens with zero attached hydrogens (tertiary/aromatic N) is 1. The third-order valence-corrected chi connectivity index (χ3v) is 5.84. The minimum atomic E-state index is -1.04. The van der Waals surface area contributed by atoms with Crippen molar-refractivity contribution in [3.63, 3.8) is 0 Å². The average molecular weight is 402 g/mol. The van der Waals surface area contributed by atoms with E-state index in [-0.39, 0.29) is 17.6 Å². The van der Waals surface area contributed by atoms with E-state index >= 15 is 0 Å². The van der Waals surface area contributed by atoms with Crippen molar-refractivity contribution in [2.45, 2.75) is 51.2 Å². The molecular weight excluding hydrogens is 376 g/mol. The third kappa shape index (κ3) is 3.97. The number of ketones is 1. The number of amides is 3. The van der Waals surface area contributed by atoms with Crippen LogP contribution in [0, 0.1) is 5.92 Å². The topological polar surface area (TPSA) is 102 Å². The van der Waals surface area contributed by atoms with E-state index in [1.54, 1.807) is 24.3 Å². The Labute approximate surface area is 169 Å². The van der Waals surface area contributed by atoms with Crippen LogP contribution < -0.4 is 10.1 Å². The second kappa shape index (κ2) is 8.23. The van der Waals surface area contributed by atoms with E-state index in [1.165, 1.54) is 14.0 Å². The lowest BCUT2D eigenvalue weighted by Crippen LogP contribution is -2.54. The minimum Gasteiger partial charge on any atom is -0.497 e. The van der Waals surface area contributed by atoms with E-state index < -0.39 is 30.2 Å². The number of hydrogen-bond acceptors (Lipinski definition) is 6. The predicted molar refractivity (Wildman–Crippen MR) is 103 cm³/mol. The van der Waals surface area contributed by atoms with Gasteiger partial charge in [0.1, 0.15) is 17.8 Å². The Morgan fingerprint density at radius 1 is 1.24 bits per heavy atom. The molecule has 0 aromatic heterocycles. The first-order chi connectivity index (χ1) is 13.8. The first kappa shape index (κ1) is 20.8. The number of nitrogens with one attached hydrogen (secondary N) is 1. The molecule has 2 fully saturated rings. The van der Waals surface area contributed by atoms with Crippen LogP contribution in [0.2, 0.25) is 0 Å². The Bertz CT molecular complexity index is 821. The molecule has 156 valence electrons. The molecule has 29 heavy (non-hydrogen) atoms. The number of urea groups is 1. The fourth-order valence-electron chi connectivity index (χ4n) is 4.05. The molecule has 1 saturated carbocycles. The van der Waals surface area contributed by atoms with Crippen LogP contribution in [0.1, 0.15) is 49.9 Å². The monoisotopic (exact) mass is 402 g/mol. The summed E-state index contributed by atoms with van der Waals surface area (Å²) in [5, 5.41) is 2.79. The lowest BCUT2D eigenvalue weighted by atomic mass is 9.73. The molecule has 3 atom stereocenters. The molecule has 2 aliphatic rings. The molecule has 1 N–H and O–H groups in total. The zero-order chi connectivity index (χ0) is 21.2. The van der Waals surface area contributed by atoms with Crippen LogP contribution in [0.5, 0.6) is 5.75 Å². The fraction of sp³-hybridized carbons (Fsp3) is 0.524. The summed E-state index contributed by atoms with van der Waals surface area (Å²) < 4.78 is 10.2. The predicted octanol–water partition coefficient (Wildman–Crippen LogP) is 2.31. The number of esters is 1. The Kier molecular flexibility index (Phi) is 5.91. The van der Waals surface area contributed by atoms with E-state index in [4.69, 9.17) is 9.47 Å². The SMILES string of the molecule is COc1ccc(C(=O)[C@H](C)OC(=O)CN2C(=O)N[C@@]3(CCCC[C@H]3C)C2=O)cc1. The van der Waals surface area contributed by atoms with Gasteiger partial charge in [-0.3, -0.25) is 19.3 Å². The molecule has 8 heteroatoms. The van der Waals surface area contributed by atoms with Crippen LogP contribution in [0.4, 0.5) is 4.79 Å². The molecule has 3 amide bonds. The van der Waals surface area contributed by atoms with E-state index in [0.29, 0.717) is 17.7 Å². The van der Waals surface area contributed by atoms with Crippen LogP contribution in [-0.4, -0.2) is 53.9 Å². The van der Waals surface area contributed by atoms with E-state index in [2.05, 4.69) is 5.32 Å². The molecule has 1 aliphatic heterocycles. The number of Topliss-reactive ketones (excluding diaryl/α,β-unsaturated/α-hetero) is 1. The van der Waals surface area contributed by atoms with Gasteiger partial charge >= 0.3 is 12.0 Å². The van der Waals surface area contributed by atoms with Crippen LogP contribution in [-0.2, 0) is 14.3 Å². The van der Waals surface area contributed by atoms with Crippen molar-refractivity contribution in [2.24, 2.45) is 5.92 Å². The number of imide groups is 1. The van der Waals surface area contributed by atoms with Gasteiger partial charge in [-0.15, -0.1) is 0 Å². The summed E-state index contributed by atoms with van der Waals surface area (Å²) in [4.78, 5) is 50.9. The molecule has 3 rings (SSSR count). The van der Waals surface area contributed by atoms with Crippen LogP contribution in [0.25, 0.3) is 0 Å². The lowest BCUT2D eigenvalue weighted by Gasteiger charge is -2.36. The Morgan fingerprint density at radius 2 is 1.93 bits per heavy atom. The summed E-state index contributed by atoms with van der Waals surface area (Å²) in [6.45, 7) is 2.88. The number of carbonyl (C=O) groups is 4. The third-order valence-electron chi connectivity index (χ3n) is 5.84. The van der Waals surface area contributed by atoms with Crippen molar-refractivity contribution in [1.29, 1.82) is 0 Å². The van der Waals surface area contributed by atoms with Crippen molar-refractivity contribution >= 4 is 23.7 Å². The molecule has 1 saturated heterocycles. The van der Waals surface area contributed by atoms with Gasteiger partial charge in [-0.1, -0.05) is 19.8 Å². The minimum absolute atomic E-state index is 0.00398.